The first-order valence-corrected chi connectivity index (χ1v) is 22.6. The SMILES string of the molecule is CC[C@H](NC)C(=O)N[C@@H]1C(=O)N2[C@@H](CC[C@@H]1CNC(=O)COCCOCCNC(=O)CN(Cc1ccccn1)Cc1ccccn1)CC[C@H]2C(=O)NC(c1ccccc1)c1ccccc1. The van der Waals surface area contributed by atoms with Crippen LogP contribution in [0.4, 0.5) is 0 Å². The van der Waals surface area contributed by atoms with E-state index in [1.165, 1.54) is 0 Å². The molecular formula is C49H63N9O7. The van der Waals surface area contributed by atoms with E-state index in [0.29, 0.717) is 51.7 Å². The second-order valence-electron chi connectivity index (χ2n) is 16.4. The monoisotopic (exact) mass is 889 g/mol. The minimum Gasteiger partial charge on any atom is -0.377 e. The number of ether oxygens (including phenoxy) is 2. The summed E-state index contributed by atoms with van der Waals surface area (Å²) in [6, 6.07) is 28.1. The van der Waals surface area contributed by atoms with Crippen molar-refractivity contribution in [1.29, 1.82) is 0 Å². The summed E-state index contributed by atoms with van der Waals surface area (Å²) in [6.07, 6.45) is 6.30. The van der Waals surface area contributed by atoms with E-state index in [1.54, 1.807) is 24.3 Å². The van der Waals surface area contributed by atoms with E-state index in [2.05, 4.69) is 36.6 Å². The lowest BCUT2D eigenvalue weighted by Gasteiger charge is -2.33. The van der Waals surface area contributed by atoms with E-state index < -0.39 is 30.1 Å². The number of nitrogens with one attached hydrogen (secondary N) is 5. The lowest BCUT2D eigenvalue weighted by molar-refractivity contribution is -0.144. The molecule has 2 fully saturated rings. The van der Waals surface area contributed by atoms with Crippen LogP contribution in [0.1, 0.15) is 67.6 Å². The number of nitrogens with zero attached hydrogens (tertiary/aromatic N) is 4. The maximum absolute atomic E-state index is 14.6. The molecule has 2 aromatic heterocycles. The Hall–Kier alpha value is -6.07. The van der Waals surface area contributed by atoms with E-state index in [-0.39, 0.29) is 75.1 Å². The molecule has 0 aliphatic carbocycles. The van der Waals surface area contributed by atoms with Crippen LogP contribution < -0.4 is 26.6 Å². The Labute approximate surface area is 381 Å². The van der Waals surface area contributed by atoms with E-state index in [9.17, 15) is 24.0 Å². The van der Waals surface area contributed by atoms with Crippen LogP contribution in [0.15, 0.2) is 109 Å². The number of carbonyl (C=O) groups excluding carboxylic acids is 5. The minimum atomic E-state index is -0.956. The zero-order valence-electron chi connectivity index (χ0n) is 37.4. The summed E-state index contributed by atoms with van der Waals surface area (Å²) in [6.45, 7) is 3.87. The fraction of sp³-hybridized carbons (Fsp3) is 0.449. The predicted molar refractivity (Wildman–Crippen MR) is 245 cm³/mol. The van der Waals surface area contributed by atoms with Crippen molar-refractivity contribution < 1.29 is 33.4 Å². The molecule has 4 heterocycles. The van der Waals surface area contributed by atoms with Crippen molar-refractivity contribution in [3.05, 3.63) is 132 Å². The standard InChI is InChI=1S/C49H63N9O7/c1-3-41(50-2)47(61)56-46-37(20-21-40-22-23-42(58(40)49(46)63)48(62)55-45(35-14-6-4-7-15-35)36-16-8-5-9-17-36)30-54-44(60)34-65-29-28-64-27-26-53-43(59)33-57(31-38-18-10-12-24-51-38)32-39-19-11-13-25-52-39/h4-19,24-25,37,40-42,45-46,50H,3,20-23,26-34H2,1-2H3,(H,53,59)(H,54,60)(H,55,62)(H,56,61)/t37-,40+,41+,42+,46+/m1/s1. The number of hydrogen-bond donors (Lipinski definition) is 5. The maximum Gasteiger partial charge on any atom is 0.246 e. The average Bonchev–Trinajstić information content (AvgIpc) is 3.71. The molecule has 2 aliphatic rings. The molecule has 0 spiro atoms. The average molecular weight is 890 g/mol. The number of hydrogen-bond acceptors (Lipinski definition) is 11. The van der Waals surface area contributed by atoms with Gasteiger partial charge in [-0.05, 0) is 74.5 Å². The summed E-state index contributed by atoms with van der Waals surface area (Å²) in [4.78, 5) is 80.6. The van der Waals surface area contributed by atoms with Crippen LogP contribution in [0.5, 0.6) is 0 Å². The number of fused-ring (bicyclic) bond motifs is 1. The van der Waals surface area contributed by atoms with E-state index >= 15 is 0 Å². The van der Waals surface area contributed by atoms with Gasteiger partial charge in [-0.1, -0.05) is 79.7 Å². The van der Waals surface area contributed by atoms with Gasteiger partial charge in [0.25, 0.3) is 0 Å². The van der Waals surface area contributed by atoms with Crippen molar-refractivity contribution >= 4 is 29.5 Å². The number of benzene rings is 2. The van der Waals surface area contributed by atoms with E-state index in [4.69, 9.17) is 9.47 Å². The molecule has 0 bridgehead atoms. The van der Waals surface area contributed by atoms with Gasteiger partial charge in [-0.2, -0.15) is 0 Å². The molecule has 2 aliphatic heterocycles. The Balaban J connectivity index is 0.961. The predicted octanol–water partition coefficient (Wildman–Crippen LogP) is 2.90. The smallest absolute Gasteiger partial charge is 0.246 e. The Morgan fingerprint density at radius 1 is 0.754 bits per heavy atom. The summed E-state index contributed by atoms with van der Waals surface area (Å²) in [5.74, 6) is -1.83. The quantitative estimate of drug-likeness (QED) is 0.0650. The van der Waals surface area contributed by atoms with Crippen LogP contribution in [0.25, 0.3) is 0 Å². The van der Waals surface area contributed by atoms with Gasteiger partial charge in [0.15, 0.2) is 0 Å². The van der Waals surface area contributed by atoms with Gasteiger partial charge in [0.2, 0.25) is 29.5 Å². The van der Waals surface area contributed by atoms with Crippen LogP contribution in [0.3, 0.4) is 0 Å². The summed E-state index contributed by atoms with van der Waals surface area (Å²) in [5.41, 5.74) is 3.55. The lowest BCUT2D eigenvalue weighted by atomic mass is 9.92. The molecule has 16 nitrogen and oxygen atoms in total. The van der Waals surface area contributed by atoms with Gasteiger partial charge < -0.3 is 41.0 Å². The fourth-order valence-corrected chi connectivity index (χ4v) is 8.57. The molecule has 2 saturated heterocycles. The van der Waals surface area contributed by atoms with Crippen molar-refractivity contribution in [2.75, 3.05) is 53.1 Å². The first-order chi connectivity index (χ1) is 31.7. The van der Waals surface area contributed by atoms with Crippen molar-refractivity contribution in [3.63, 3.8) is 0 Å². The second-order valence-corrected chi connectivity index (χ2v) is 16.4. The molecule has 16 heteroatoms. The summed E-state index contributed by atoms with van der Waals surface area (Å²) in [5, 5.41) is 15.1. The zero-order chi connectivity index (χ0) is 45.8. The Kier molecular flexibility index (Phi) is 18.9. The molecule has 65 heavy (non-hydrogen) atoms. The first kappa shape index (κ1) is 48.4. The third kappa shape index (κ3) is 14.5. The van der Waals surface area contributed by atoms with Gasteiger partial charge >= 0.3 is 0 Å². The van der Waals surface area contributed by atoms with Gasteiger partial charge in [0, 0.05) is 50.5 Å². The highest BCUT2D eigenvalue weighted by molar-refractivity contribution is 5.94. The van der Waals surface area contributed by atoms with E-state index in [1.807, 2.05) is 109 Å². The first-order valence-electron chi connectivity index (χ1n) is 22.6. The summed E-state index contributed by atoms with van der Waals surface area (Å²) in [7, 11) is 1.70. The molecule has 0 radical (unpaired) electrons. The van der Waals surface area contributed by atoms with E-state index in [0.717, 1.165) is 22.5 Å². The topological polar surface area (TPSA) is 196 Å². The normalized spacial score (nSPS) is 18.7. The van der Waals surface area contributed by atoms with Gasteiger partial charge in [-0.3, -0.25) is 38.8 Å². The number of pyridine rings is 2. The molecule has 6 rings (SSSR count). The van der Waals surface area contributed by atoms with Crippen LogP contribution in [-0.4, -0.2) is 127 Å². The maximum atomic E-state index is 14.6. The molecule has 2 aromatic carbocycles. The van der Waals surface area contributed by atoms with Crippen molar-refractivity contribution in [2.24, 2.45) is 5.92 Å². The molecule has 5 atom stereocenters. The van der Waals surface area contributed by atoms with Crippen LogP contribution in [0, 0.1) is 5.92 Å². The summed E-state index contributed by atoms with van der Waals surface area (Å²) >= 11 is 0. The minimum absolute atomic E-state index is 0.133. The highest BCUT2D eigenvalue weighted by Gasteiger charge is 2.48. The molecule has 4 aromatic rings. The zero-order valence-corrected chi connectivity index (χ0v) is 37.4. The largest absolute Gasteiger partial charge is 0.377 e. The second kappa shape index (κ2) is 25.4. The van der Waals surface area contributed by atoms with Crippen LogP contribution in [-0.2, 0) is 46.5 Å². The Bertz CT molecular complexity index is 2020. The van der Waals surface area contributed by atoms with Gasteiger partial charge in [-0.25, -0.2) is 0 Å². The van der Waals surface area contributed by atoms with Gasteiger partial charge in [-0.15, -0.1) is 0 Å². The van der Waals surface area contributed by atoms with Crippen molar-refractivity contribution in [1.82, 2.24) is 46.4 Å². The highest BCUT2D eigenvalue weighted by atomic mass is 16.5. The lowest BCUT2D eigenvalue weighted by Crippen LogP contribution is -2.59. The molecule has 5 N–H and O–H groups in total. The highest BCUT2D eigenvalue weighted by Crippen LogP contribution is 2.35. The third-order valence-electron chi connectivity index (χ3n) is 11.9. The third-order valence-corrected chi connectivity index (χ3v) is 11.9. The van der Waals surface area contributed by atoms with Gasteiger partial charge in [0.1, 0.15) is 18.7 Å². The number of aromatic nitrogens is 2. The number of likely N-dealkylation sites (N-methyl/N-ethyl adjacent to an activating group) is 1. The Morgan fingerprint density at radius 3 is 1.97 bits per heavy atom. The fourth-order valence-electron chi connectivity index (χ4n) is 8.57. The molecule has 346 valence electrons. The molecule has 5 amide bonds. The number of carbonyl (C=O) groups is 5. The number of rotatable bonds is 24. The Morgan fingerprint density at radius 2 is 1.37 bits per heavy atom. The van der Waals surface area contributed by atoms with Crippen LogP contribution >= 0.6 is 0 Å². The molecule has 0 unspecified atom stereocenters. The van der Waals surface area contributed by atoms with Crippen molar-refractivity contribution in [2.45, 2.75) is 82.3 Å². The molecular weight excluding hydrogens is 827 g/mol. The number of amides is 5. The van der Waals surface area contributed by atoms with Gasteiger partial charge in [0.05, 0.1) is 49.8 Å². The van der Waals surface area contributed by atoms with Crippen LogP contribution in [0.2, 0.25) is 0 Å². The van der Waals surface area contributed by atoms with Crippen molar-refractivity contribution in [3.8, 4) is 0 Å². The summed E-state index contributed by atoms with van der Waals surface area (Å²) < 4.78 is 11.2. The molecule has 0 saturated carbocycles.